The van der Waals surface area contributed by atoms with Crippen molar-refractivity contribution in [3.63, 3.8) is 0 Å². The van der Waals surface area contributed by atoms with Crippen LogP contribution in [-0.2, 0) is 6.42 Å². The molecule has 0 bridgehead atoms. The van der Waals surface area contributed by atoms with Crippen molar-refractivity contribution < 1.29 is 4.74 Å². The van der Waals surface area contributed by atoms with Crippen LogP contribution in [0.2, 0.25) is 0 Å². The highest BCUT2D eigenvalue weighted by atomic mass is 32.1. The van der Waals surface area contributed by atoms with Gasteiger partial charge in [0.15, 0.2) is 4.80 Å². The number of nitrogens with one attached hydrogen (secondary N) is 1. The molecule has 0 saturated carbocycles. The van der Waals surface area contributed by atoms with Crippen molar-refractivity contribution in [1.29, 1.82) is 0 Å². The number of thiazole rings is 1. The van der Waals surface area contributed by atoms with E-state index in [1.54, 1.807) is 7.11 Å². The maximum absolute atomic E-state index is 14.4. The van der Waals surface area contributed by atoms with Crippen LogP contribution in [0, 0.1) is 0 Å². The largest absolute Gasteiger partial charge is 0.496 e. The Kier molecular flexibility index (Phi) is 5.83. The minimum atomic E-state index is -0.292. The minimum Gasteiger partial charge on any atom is -0.496 e. The second kappa shape index (κ2) is 9.86. The Morgan fingerprint density at radius 2 is 1.67 bits per heavy atom. The number of nitrogens with zero attached hydrogens (tertiary/aromatic N) is 2. The number of H-pyrrole nitrogens is 1. The van der Waals surface area contributed by atoms with Crippen LogP contribution in [0.25, 0.3) is 33.9 Å². The zero-order valence-corrected chi connectivity index (χ0v) is 23.8. The van der Waals surface area contributed by atoms with E-state index in [9.17, 15) is 4.79 Å². The van der Waals surface area contributed by atoms with Gasteiger partial charge in [0.2, 0.25) is 0 Å². The molecule has 5 nitrogen and oxygen atoms in total. The molecule has 0 radical (unpaired) electrons. The van der Waals surface area contributed by atoms with Crippen molar-refractivity contribution in [2.24, 2.45) is 4.99 Å². The van der Waals surface area contributed by atoms with E-state index in [0.717, 1.165) is 68.7 Å². The summed E-state index contributed by atoms with van der Waals surface area (Å²) in [6.07, 6.45) is 3.79. The molecule has 0 unspecified atom stereocenters. The highest BCUT2D eigenvalue weighted by Gasteiger charge is 2.34. The first-order valence-electron chi connectivity index (χ1n) is 14.1. The number of para-hydroxylation sites is 2. The smallest absolute Gasteiger partial charge is 0.271 e. The van der Waals surface area contributed by atoms with Crippen LogP contribution in [-0.4, -0.2) is 16.7 Å². The Morgan fingerprint density at radius 1 is 0.905 bits per heavy atom. The van der Waals surface area contributed by atoms with Crippen LogP contribution in [0.15, 0.2) is 118 Å². The highest BCUT2D eigenvalue weighted by Crippen LogP contribution is 2.43. The Morgan fingerprint density at radius 3 is 2.55 bits per heavy atom. The van der Waals surface area contributed by atoms with Crippen molar-refractivity contribution in [2.75, 3.05) is 7.11 Å². The molecule has 2 aromatic heterocycles. The fourth-order valence-corrected chi connectivity index (χ4v) is 7.45. The quantitative estimate of drug-likeness (QED) is 0.266. The van der Waals surface area contributed by atoms with Crippen molar-refractivity contribution >= 4 is 34.0 Å². The lowest BCUT2D eigenvalue weighted by Crippen LogP contribution is -2.39. The molecule has 1 aliphatic carbocycles. The number of hydrogen-bond donors (Lipinski definition) is 1. The zero-order valence-electron chi connectivity index (χ0n) is 23.0. The number of ether oxygens (including phenoxy) is 1. The first-order valence-corrected chi connectivity index (χ1v) is 14.9. The van der Waals surface area contributed by atoms with E-state index < -0.39 is 0 Å². The standard InChI is InChI=1S/C36H27N3O2S/c1-41-30-18-10-8-16-26(30)34-27-20-19-22-11-5-6-14-24(22)33(27)38-36-39(34)35(40)31(42-36)21-28-25-15-7-9-17-29(25)37-32(28)23-12-3-2-4-13-23/h2-18,21,34,37H,19-20H2,1H3/b31-21+/t34-/m0/s1. The molecular formula is C36H27N3O2S. The third kappa shape index (κ3) is 3.83. The summed E-state index contributed by atoms with van der Waals surface area (Å²) in [7, 11) is 1.69. The number of fused-ring (bicyclic) bond motifs is 4. The molecule has 2 aliphatic rings. The van der Waals surface area contributed by atoms with Gasteiger partial charge in [-0.05, 0) is 47.8 Å². The number of aromatic amines is 1. The van der Waals surface area contributed by atoms with Crippen LogP contribution >= 0.6 is 11.3 Å². The maximum Gasteiger partial charge on any atom is 0.271 e. The SMILES string of the molecule is COc1ccccc1[C@H]1C2=C(N=c3s/c(=C/c4c(-c5ccccc5)[nH]c5ccccc45)c(=O)n31)c1ccccc1CC2. The number of aromatic nitrogens is 2. The lowest BCUT2D eigenvalue weighted by atomic mass is 9.83. The molecule has 0 spiro atoms. The van der Waals surface area contributed by atoms with E-state index in [-0.39, 0.29) is 11.6 Å². The molecule has 42 heavy (non-hydrogen) atoms. The fourth-order valence-electron chi connectivity index (χ4n) is 6.47. The molecule has 8 rings (SSSR count). The van der Waals surface area contributed by atoms with Crippen LogP contribution in [0.4, 0.5) is 0 Å². The van der Waals surface area contributed by atoms with Gasteiger partial charge in [-0.1, -0.05) is 102 Å². The van der Waals surface area contributed by atoms with Crippen LogP contribution in [0.1, 0.15) is 34.7 Å². The Labute approximate surface area is 246 Å². The lowest BCUT2D eigenvalue weighted by molar-refractivity contribution is 0.402. The Balaban J connectivity index is 1.42. The van der Waals surface area contributed by atoms with Crippen molar-refractivity contribution in [3.05, 3.63) is 151 Å². The van der Waals surface area contributed by atoms with Crippen molar-refractivity contribution in [2.45, 2.75) is 18.9 Å². The van der Waals surface area contributed by atoms with E-state index in [0.29, 0.717) is 9.33 Å². The number of aryl methyl sites for hydroxylation is 1. The lowest BCUT2D eigenvalue weighted by Gasteiger charge is -2.31. The Hall–Kier alpha value is -4.94. The molecule has 4 aromatic carbocycles. The summed E-state index contributed by atoms with van der Waals surface area (Å²) in [6, 6.07) is 34.8. The first-order chi connectivity index (χ1) is 20.7. The summed E-state index contributed by atoms with van der Waals surface area (Å²) in [5, 5.41) is 1.08. The number of benzene rings is 4. The van der Waals surface area contributed by atoms with Crippen LogP contribution in [0.3, 0.4) is 0 Å². The molecule has 6 aromatic rings. The molecule has 1 aliphatic heterocycles. The summed E-state index contributed by atoms with van der Waals surface area (Å²) in [5.74, 6) is 0.771. The van der Waals surface area contributed by atoms with Gasteiger partial charge < -0.3 is 9.72 Å². The summed E-state index contributed by atoms with van der Waals surface area (Å²) in [6.45, 7) is 0. The number of allylic oxidation sites excluding steroid dienone is 1. The predicted octanol–water partition coefficient (Wildman–Crippen LogP) is 6.48. The number of rotatable bonds is 4. The number of hydrogen-bond acceptors (Lipinski definition) is 4. The molecule has 1 atom stereocenters. The first kappa shape index (κ1) is 24.8. The third-order valence-corrected chi connectivity index (χ3v) is 9.37. The predicted molar refractivity (Wildman–Crippen MR) is 169 cm³/mol. The van der Waals surface area contributed by atoms with E-state index >= 15 is 0 Å². The Bertz CT molecular complexity index is 2220. The number of methoxy groups -OCH3 is 1. The molecule has 6 heteroatoms. The topological polar surface area (TPSA) is 59.4 Å². The molecule has 204 valence electrons. The molecule has 0 amide bonds. The second-order valence-corrected chi connectivity index (χ2v) is 11.7. The van der Waals surface area contributed by atoms with E-state index in [4.69, 9.17) is 9.73 Å². The summed E-state index contributed by atoms with van der Waals surface area (Å²) in [5.41, 5.74) is 9.65. The van der Waals surface area contributed by atoms with Gasteiger partial charge in [0.1, 0.15) is 5.75 Å². The van der Waals surface area contributed by atoms with E-state index in [1.807, 2.05) is 59.2 Å². The van der Waals surface area contributed by atoms with Crippen LogP contribution in [0.5, 0.6) is 5.75 Å². The molecule has 3 heterocycles. The van der Waals surface area contributed by atoms with Gasteiger partial charge in [0, 0.05) is 27.6 Å². The third-order valence-electron chi connectivity index (χ3n) is 8.39. The average molecular weight is 566 g/mol. The van der Waals surface area contributed by atoms with Crippen molar-refractivity contribution in [3.8, 4) is 17.0 Å². The van der Waals surface area contributed by atoms with Gasteiger partial charge in [-0.15, -0.1) is 0 Å². The molecular weight excluding hydrogens is 538 g/mol. The van der Waals surface area contributed by atoms with Crippen LogP contribution < -0.4 is 19.6 Å². The second-order valence-electron chi connectivity index (χ2n) is 10.7. The van der Waals surface area contributed by atoms with E-state index in [2.05, 4.69) is 59.6 Å². The van der Waals surface area contributed by atoms with Gasteiger partial charge in [0.05, 0.1) is 29.1 Å². The normalized spacial score (nSPS) is 16.1. The van der Waals surface area contributed by atoms with Gasteiger partial charge >= 0.3 is 0 Å². The molecule has 1 N–H and O–H groups in total. The maximum atomic E-state index is 14.4. The summed E-state index contributed by atoms with van der Waals surface area (Å²) in [4.78, 5) is 23.9. The van der Waals surface area contributed by atoms with Gasteiger partial charge in [-0.2, -0.15) is 0 Å². The molecule has 0 fully saturated rings. The van der Waals surface area contributed by atoms with E-state index in [1.165, 1.54) is 16.9 Å². The van der Waals surface area contributed by atoms with Gasteiger partial charge in [0.25, 0.3) is 5.56 Å². The zero-order chi connectivity index (χ0) is 28.2. The minimum absolute atomic E-state index is 0.0376. The molecule has 0 saturated heterocycles. The summed E-state index contributed by atoms with van der Waals surface area (Å²) < 4.78 is 8.37. The van der Waals surface area contributed by atoms with Gasteiger partial charge in [-0.3, -0.25) is 9.36 Å². The van der Waals surface area contributed by atoms with Crippen molar-refractivity contribution in [1.82, 2.24) is 9.55 Å². The highest BCUT2D eigenvalue weighted by molar-refractivity contribution is 7.07. The monoisotopic (exact) mass is 565 g/mol. The van der Waals surface area contributed by atoms with Gasteiger partial charge in [-0.25, -0.2) is 4.99 Å². The fraction of sp³-hybridized carbons (Fsp3) is 0.111. The summed E-state index contributed by atoms with van der Waals surface area (Å²) >= 11 is 1.45. The average Bonchev–Trinajstić information content (AvgIpc) is 3.57.